The highest BCUT2D eigenvalue weighted by Crippen LogP contribution is 2.14. The van der Waals surface area contributed by atoms with Gasteiger partial charge in [-0.3, -0.25) is 9.69 Å². The summed E-state index contributed by atoms with van der Waals surface area (Å²) in [7, 11) is 0. The second kappa shape index (κ2) is 7.70. The molecule has 0 aliphatic heterocycles. The summed E-state index contributed by atoms with van der Waals surface area (Å²) in [4.78, 5) is 25.7. The Morgan fingerprint density at radius 1 is 0.913 bits per heavy atom. The Balaban J connectivity index is 2.20. The normalized spacial score (nSPS) is 10.7. The maximum Gasteiger partial charge on any atom is 0.335 e. The molecule has 120 valence electrons. The van der Waals surface area contributed by atoms with Gasteiger partial charge in [-0.05, 0) is 36.9 Å². The Kier molecular flexibility index (Phi) is 5.66. The largest absolute Gasteiger partial charge is 0.478 e. The standard InChI is InChI=1S/C19H21NO3/c1-3-20(4-2)13-14-6-5-7-17(12-14)18(21)15-8-10-16(11-9-15)19(22)23/h5-12H,3-4,13H2,1-2H3,(H,22,23). The molecule has 0 radical (unpaired) electrons. The van der Waals surface area contributed by atoms with E-state index in [4.69, 9.17) is 5.11 Å². The van der Waals surface area contributed by atoms with Gasteiger partial charge in [0.15, 0.2) is 5.78 Å². The molecule has 0 aliphatic rings. The molecule has 0 spiro atoms. The molecule has 2 aromatic carbocycles. The minimum Gasteiger partial charge on any atom is -0.478 e. The second-order valence-corrected chi connectivity index (χ2v) is 5.37. The molecule has 0 amide bonds. The maximum absolute atomic E-state index is 12.5. The molecule has 0 bridgehead atoms. The van der Waals surface area contributed by atoms with Crippen LogP contribution in [0.3, 0.4) is 0 Å². The number of benzene rings is 2. The molecule has 2 rings (SSSR count). The fourth-order valence-electron chi connectivity index (χ4n) is 2.45. The number of carbonyl (C=O) groups excluding carboxylic acids is 1. The van der Waals surface area contributed by atoms with Crippen molar-refractivity contribution in [3.63, 3.8) is 0 Å². The van der Waals surface area contributed by atoms with Gasteiger partial charge in [0.25, 0.3) is 0 Å². The molecule has 4 nitrogen and oxygen atoms in total. The highest BCUT2D eigenvalue weighted by molar-refractivity contribution is 6.09. The predicted octanol–water partition coefficient (Wildman–Crippen LogP) is 3.46. The van der Waals surface area contributed by atoms with Crippen molar-refractivity contribution in [3.05, 3.63) is 70.8 Å². The van der Waals surface area contributed by atoms with Crippen LogP contribution in [0.4, 0.5) is 0 Å². The molecular weight excluding hydrogens is 290 g/mol. The third-order valence-electron chi connectivity index (χ3n) is 3.88. The monoisotopic (exact) mass is 311 g/mol. The lowest BCUT2D eigenvalue weighted by Crippen LogP contribution is -2.22. The Morgan fingerprint density at radius 3 is 2.09 bits per heavy atom. The zero-order chi connectivity index (χ0) is 16.8. The minimum atomic E-state index is -0.995. The number of hydrogen-bond donors (Lipinski definition) is 1. The van der Waals surface area contributed by atoms with Gasteiger partial charge in [0.1, 0.15) is 0 Å². The topological polar surface area (TPSA) is 57.6 Å². The Bertz CT molecular complexity index is 688. The molecule has 0 unspecified atom stereocenters. The molecule has 0 aromatic heterocycles. The van der Waals surface area contributed by atoms with Crippen LogP contribution in [0.2, 0.25) is 0 Å². The van der Waals surface area contributed by atoms with Crippen molar-refractivity contribution >= 4 is 11.8 Å². The van der Waals surface area contributed by atoms with Gasteiger partial charge < -0.3 is 5.11 Å². The first-order valence-electron chi connectivity index (χ1n) is 7.74. The summed E-state index contributed by atoms with van der Waals surface area (Å²) in [5.41, 5.74) is 2.39. The van der Waals surface area contributed by atoms with Gasteiger partial charge in [0.2, 0.25) is 0 Å². The van der Waals surface area contributed by atoms with Crippen molar-refractivity contribution in [1.29, 1.82) is 0 Å². The van der Waals surface area contributed by atoms with Crippen LogP contribution in [0.25, 0.3) is 0 Å². The van der Waals surface area contributed by atoms with E-state index < -0.39 is 5.97 Å². The third-order valence-corrected chi connectivity index (χ3v) is 3.88. The van der Waals surface area contributed by atoms with Gasteiger partial charge in [-0.1, -0.05) is 44.2 Å². The van der Waals surface area contributed by atoms with E-state index in [0.29, 0.717) is 11.1 Å². The van der Waals surface area contributed by atoms with E-state index in [-0.39, 0.29) is 11.3 Å². The minimum absolute atomic E-state index is 0.0941. The summed E-state index contributed by atoms with van der Waals surface area (Å²) in [6.07, 6.45) is 0. The van der Waals surface area contributed by atoms with E-state index in [1.165, 1.54) is 12.1 Å². The second-order valence-electron chi connectivity index (χ2n) is 5.37. The van der Waals surface area contributed by atoms with E-state index >= 15 is 0 Å². The van der Waals surface area contributed by atoms with Gasteiger partial charge in [-0.25, -0.2) is 4.79 Å². The fourth-order valence-corrected chi connectivity index (χ4v) is 2.45. The first-order chi connectivity index (χ1) is 11.0. The van der Waals surface area contributed by atoms with Crippen molar-refractivity contribution in [1.82, 2.24) is 4.90 Å². The van der Waals surface area contributed by atoms with Gasteiger partial charge in [0.05, 0.1) is 5.56 Å². The SMILES string of the molecule is CCN(CC)Cc1cccc(C(=O)c2ccc(C(=O)O)cc2)c1. The summed E-state index contributed by atoms with van der Waals surface area (Å²) < 4.78 is 0. The van der Waals surface area contributed by atoms with E-state index in [2.05, 4.69) is 18.7 Å². The molecule has 0 fully saturated rings. The fraction of sp³-hybridized carbons (Fsp3) is 0.263. The quantitative estimate of drug-likeness (QED) is 0.796. The summed E-state index contributed by atoms with van der Waals surface area (Å²) in [6.45, 7) is 6.97. The number of aromatic carboxylic acids is 1. The maximum atomic E-state index is 12.5. The summed E-state index contributed by atoms with van der Waals surface area (Å²) in [5, 5.41) is 8.91. The van der Waals surface area contributed by atoms with Crippen LogP contribution in [0.15, 0.2) is 48.5 Å². The third kappa shape index (κ3) is 4.27. The number of carboxylic acids is 1. The van der Waals surface area contributed by atoms with Crippen LogP contribution in [-0.2, 0) is 6.54 Å². The van der Waals surface area contributed by atoms with E-state index in [9.17, 15) is 9.59 Å². The van der Waals surface area contributed by atoms with Gasteiger partial charge >= 0.3 is 5.97 Å². The Morgan fingerprint density at radius 2 is 1.52 bits per heavy atom. The predicted molar refractivity (Wildman–Crippen MR) is 89.9 cm³/mol. The first-order valence-corrected chi connectivity index (χ1v) is 7.74. The zero-order valence-electron chi connectivity index (χ0n) is 13.5. The summed E-state index contributed by atoms with van der Waals surface area (Å²) in [5.74, 6) is -1.09. The summed E-state index contributed by atoms with van der Waals surface area (Å²) >= 11 is 0. The number of ketones is 1. The van der Waals surface area contributed by atoms with E-state index in [1.54, 1.807) is 18.2 Å². The van der Waals surface area contributed by atoms with Crippen LogP contribution in [0, 0.1) is 0 Å². The molecule has 4 heteroatoms. The van der Waals surface area contributed by atoms with Crippen LogP contribution >= 0.6 is 0 Å². The van der Waals surface area contributed by atoms with Gasteiger partial charge in [-0.2, -0.15) is 0 Å². The number of carboxylic acid groups (broad SMARTS) is 1. The number of nitrogens with zero attached hydrogens (tertiary/aromatic N) is 1. The van der Waals surface area contributed by atoms with Crippen molar-refractivity contribution in [3.8, 4) is 0 Å². The molecule has 23 heavy (non-hydrogen) atoms. The zero-order valence-corrected chi connectivity index (χ0v) is 13.5. The van der Waals surface area contributed by atoms with E-state index in [1.807, 2.05) is 18.2 Å². The smallest absolute Gasteiger partial charge is 0.335 e. The van der Waals surface area contributed by atoms with Crippen molar-refractivity contribution < 1.29 is 14.7 Å². The van der Waals surface area contributed by atoms with Crippen LogP contribution in [0.5, 0.6) is 0 Å². The molecular formula is C19H21NO3. The number of rotatable bonds is 7. The Hall–Kier alpha value is -2.46. The average molecular weight is 311 g/mol. The molecule has 0 saturated heterocycles. The Labute approximate surface area is 136 Å². The van der Waals surface area contributed by atoms with Crippen molar-refractivity contribution in [2.45, 2.75) is 20.4 Å². The molecule has 0 aliphatic carbocycles. The summed E-state index contributed by atoms with van der Waals surface area (Å²) in [6, 6.07) is 13.6. The molecule has 0 heterocycles. The van der Waals surface area contributed by atoms with Crippen LogP contribution in [-0.4, -0.2) is 34.8 Å². The highest BCUT2D eigenvalue weighted by Gasteiger charge is 2.11. The lowest BCUT2D eigenvalue weighted by Gasteiger charge is -2.18. The average Bonchev–Trinajstić information content (AvgIpc) is 2.59. The molecule has 2 aromatic rings. The number of hydrogen-bond acceptors (Lipinski definition) is 3. The molecule has 0 atom stereocenters. The highest BCUT2D eigenvalue weighted by atomic mass is 16.4. The lowest BCUT2D eigenvalue weighted by atomic mass is 10.00. The number of carbonyl (C=O) groups is 2. The molecule has 1 N–H and O–H groups in total. The lowest BCUT2D eigenvalue weighted by molar-refractivity contribution is 0.0696. The molecule has 0 saturated carbocycles. The van der Waals surface area contributed by atoms with Crippen LogP contribution in [0.1, 0.15) is 45.7 Å². The van der Waals surface area contributed by atoms with Crippen molar-refractivity contribution in [2.24, 2.45) is 0 Å². The van der Waals surface area contributed by atoms with Gasteiger partial charge in [-0.15, -0.1) is 0 Å². The first kappa shape index (κ1) is 16.9. The van der Waals surface area contributed by atoms with Gasteiger partial charge in [0, 0.05) is 17.7 Å². The van der Waals surface area contributed by atoms with Crippen LogP contribution < -0.4 is 0 Å². The van der Waals surface area contributed by atoms with Crippen molar-refractivity contribution in [2.75, 3.05) is 13.1 Å². The van der Waals surface area contributed by atoms with E-state index in [0.717, 1.165) is 25.2 Å².